The van der Waals surface area contributed by atoms with Gasteiger partial charge >= 0.3 is 0 Å². The zero-order valence-electron chi connectivity index (χ0n) is 14.5. The topological polar surface area (TPSA) is 98.5 Å². The minimum Gasteiger partial charge on any atom is -0.383 e. The van der Waals surface area contributed by atoms with Crippen molar-refractivity contribution in [3.05, 3.63) is 59.7 Å². The number of carbonyl (C=O) groups excluding carboxylic acids is 1. The molecule has 2 rings (SSSR count). The maximum absolute atomic E-state index is 12.4. The molecule has 8 heteroatoms. The Morgan fingerprint density at radius 1 is 1.19 bits per heavy atom. The molecule has 0 atom stereocenters. The van der Waals surface area contributed by atoms with Crippen molar-refractivity contribution in [1.29, 1.82) is 0 Å². The van der Waals surface area contributed by atoms with Crippen LogP contribution in [0, 0.1) is 0 Å². The fourth-order valence-electron chi connectivity index (χ4n) is 2.27. The monoisotopic (exact) mass is 394 g/mol. The summed E-state index contributed by atoms with van der Waals surface area (Å²) in [5.74, 6) is 0.409. The van der Waals surface area contributed by atoms with Gasteiger partial charge in [-0.2, -0.15) is 0 Å². The lowest BCUT2D eigenvalue weighted by Gasteiger charge is -2.11. The fraction of sp³-hybridized carbons (Fsp3) is 0.278. The van der Waals surface area contributed by atoms with E-state index in [0.29, 0.717) is 23.6 Å². The van der Waals surface area contributed by atoms with Gasteiger partial charge in [0, 0.05) is 24.3 Å². The van der Waals surface area contributed by atoms with Gasteiger partial charge in [0.1, 0.15) is 0 Å². The van der Waals surface area contributed by atoms with E-state index in [0.717, 1.165) is 12.2 Å². The van der Waals surface area contributed by atoms with Gasteiger partial charge in [-0.25, -0.2) is 13.6 Å². The Balaban J connectivity index is 2.16. The molecule has 0 unspecified atom stereocenters. The van der Waals surface area contributed by atoms with Crippen molar-refractivity contribution >= 4 is 27.7 Å². The summed E-state index contributed by atoms with van der Waals surface area (Å²) < 4.78 is 28.1. The van der Waals surface area contributed by atoms with Gasteiger partial charge in [-0.15, -0.1) is 11.8 Å². The summed E-state index contributed by atoms with van der Waals surface area (Å²) in [5.41, 5.74) is 1.50. The summed E-state index contributed by atoms with van der Waals surface area (Å²) in [5, 5.41) is 7.90. The van der Waals surface area contributed by atoms with Crippen LogP contribution in [0.25, 0.3) is 0 Å². The highest BCUT2D eigenvalue weighted by molar-refractivity contribution is 7.99. The molecule has 0 radical (unpaired) electrons. The highest BCUT2D eigenvalue weighted by Gasteiger charge is 2.17. The predicted octanol–water partition coefficient (Wildman–Crippen LogP) is 2.04. The number of rotatable bonds is 9. The standard InChI is InChI=1S/C18H22N2O4S2/c1-24-11-10-20-18(21)16-13-15(26(19,22)23)7-8-17(16)25-12-9-14-5-3-2-4-6-14/h2-8,13H,9-12H2,1H3,(H,20,21)(H2,19,22,23). The largest absolute Gasteiger partial charge is 0.383 e. The lowest BCUT2D eigenvalue weighted by Crippen LogP contribution is -2.27. The van der Waals surface area contributed by atoms with Gasteiger partial charge < -0.3 is 10.1 Å². The Bertz CT molecular complexity index is 840. The van der Waals surface area contributed by atoms with Crippen molar-refractivity contribution in [2.75, 3.05) is 26.0 Å². The van der Waals surface area contributed by atoms with Crippen LogP contribution in [0.15, 0.2) is 58.3 Å². The average molecular weight is 395 g/mol. The van der Waals surface area contributed by atoms with E-state index in [9.17, 15) is 13.2 Å². The lowest BCUT2D eigenvalue weighted by molar-refractivity contribution is 0.0934. The highest BCUT2D eigenvalue weighted by atomic mass is 32.2. The van der Waals surface area contributed by atoms with Crippen molar-refractivity contribution in [2.24, 2.45) is 5.14 Å². The van der Waals surface area contributed by atoms with Crippen molar-refractivity contribution in [2.45, 2.75) is 16.2 Å². The van der Waals surface area contributed by atoms with Crippen LogP contribution in [0.5, 0.6) is 0 Å². The van der Waals surface area contributed by atoms with Crippen molar-refractivity contribution < 1.29 is 17.9 Å². The van der Waals surface area contributed by atoms with Gasteiger partial charge in [-0.1, -0.05) is 30.3 Å². The molecule has 0 aromatic heterocycles. The first-order valence-electron chi connectivity index (χ1n) is 8.02. The Kier molecular flexibility index (Phi) is 7.65. The van der Waals surface area contributed by atoms with Crippen LogP contribution in [0.4, 0.5) is 0 Å². The molecule has 0 aliphatic rings. The quantitative estimate of drug-likeness (QED) is 0.501. The number of methoxy groups -OCH3 is 1. The third kappa shape index (κ3) is 6.14. The molecule has 2 aromatic carbocycles. The number of carbonyl (C=O) groups is 1. The Labute approximate surface area is 158 Å². The molecule has 0 fully saturated rings. The third-order valence-electron chi connectivity index (χ3n) is 3.61. The number of amides is 1. The number of hydrogen-bond donors (Lipinski definition) is 2. The van der Waals surface area contributed by atoms with Gasteiger partial charge in [0.15, 0.2) is 0 Å². The van der Waals surface area contributed by atoms with E-state index >= 15 is 0 Å². The third-order valence-corrected chi connectivity index (χ3v) is 5.59. The van der Waals surface area contributed by atoms with Crippen molar-refractivity contribution in [3.8, 4) is 0 Å². The average Bonchev–Trinajstić information content (AvgIpc) is 2.62. The van der Waals surface area contributed by atoms with Crippen LogP contribution in [0.1, 0.15) is 15.9 Å². The molecular formula is C18H22N2O4S2. The predicted molar refractivity (Wildman–Crippen MR) is 103 cm³/mol. The minimum absolute atomic E-state index is 0.0817. The number of hydrogen-bond acceptors (Lipinski definition) is 5. The van der Waals surface area contributed by atoms with Crippen molar-refractivity contribution in [1.82, 2.24) is 5.32 Å². The van der Waals surface area contributed by atoms with Crippen LogP contribution in [-0.4, -0.2) is 40.3 Å². The number of aryl methyl sites for hydroxylation is 1. The zero-order chi connectivity index (χ0) is 19.0. The SMILES string of the molecule is COCCNC(=O)c1cc(S(N)(=O)=O)ccc1SCCc1ccccc1. The number of nitrogens with one attached hydrogen (secondary N) is 1. The molecule has 0 bridgehead atoms. The molecule has 0 aliphatic carbocycles. The molecule has 0 saturated carbocycles. The van der Waals surface area contributed by atoms with E-state index in [1.807, 2.05) is 30.3 Å². The van der Waals surface area contributed by atoms with E-state index < -0.39 is 10.0 Å². The number of benzene rings is 2. The Morgan fingerprint density at radius 3 is 2.58 bits per heavy atom. The van der Waals surface area contributed by atoms with Gasteiger partial charge in [-0.3, -0.25) is 4.79 Å². The Hall–Kier alpha value is -1.87. The summed E-state index contributed by atoms with van der Waals surface area (Å²) in [4.78, 5) is 13.1. The summed E-state index contributed by atoms with van der Waals surface area (Å²) in [6, 6.07) is 14.4. The summed E-state index contributed by atoms with van der Waals surface area (Å²) in [6.45, 7) is 0.708. The minimum atomic E-state index is -3.88. The number of ether oxygens (including phenoxy) is 1. The normalized spacial score (nSPS) is 11.3. The van der Waals surface area contributed by atoms with E-state index in [-0.39, 0.29) is 10.8 Å². The van der Waals surface area contributed by atoms with Crippen molar-refractivity contribution in [3.63, 3.8) is 0 Å². The van der Waals surface area contributed by atoms with Gasteiger partial charge in [0.25, 0.3) is 5.91 Å². The molecule has 1 amide bonds. The van der Waals surface area contributed by atoms with Gasteiger partial charge in [0.05, 0.1) is 17.1 Å². The van der Waals surface area contributed by atoms with E-state index in [4.69, 9.17) is 9.88 Å². The highest BCUT2D eigenvalue weighted by Crippen LogP contribution is 2.26. The first-order chi connectivity index (χ1) is 12.4. The van der Waals surface area contributed by atoms with Gasteiger partial charge in [0.2, 0.25) is 10.0 Å². The summed E-state index contributed by atoms with van der Waals surface area (Å²) in [7, 11) is -2.34. The Morgan fingerprint density at radius 2 is 1.92 bits per heavy atom. The molecule has 0 aliphatic heterocycles. The lowest BCUT2D eigenvalue weighted by atomic mass is 10.2. The second-order valence-corrected chi connectivity index (χ2v) is 8.23. The van der Waals surface area contributed by atoms with E-state index in [2.05, 4.69) is 5.32 Å². The fourth-order valence-corrected chi connectivity index (χ4v) is 3.84. The van der Waals surface area contributed by atoms with Crippen LogP contribution in [0.3, 0.4) is 0 Å². The summed E-state index contributed by atoms with van der Waals surface area (Å²) in [6.07, 6.45) is 0.840. The first kappa shape index (κ1) is 20.4. The number of thioether (sulfide) groups is 1. The molecule has 0 spiro atoms. The van der Waals surface area contributed by atoms with Crippen LogP contribution < -0.4 is 10.5 Å². The molecule has 2 aromatic rings. The van der Waals surface area contributed by atoms with Gasteiger partial charge in [-0.05, 0) is 30.2 Å². The van der Waals surface area contributed by atoms with Crippen LogP contribution in [-0.2, 0) is 21.2 Å². The molecular weight excluding hydrogens is 372 g/mol. The van der Waals surface area contributed by atoms with E-state index in [1.165, 1.54) is 29.5 Å². The van der Waals surface area contributed by atoms with E-state index in [1.54, 1.807) is 13.2 Å². The van der Waals surface area contributed by atoms with Crippen LogP contribution in [0.2, 0.25) is 0 Å². The smallest absolute Gasteiger partial charge is 0.252 e. The number of primary sulfonamides is 1. The number of nitrogens with two attached hydrogens (primary N) is 1. The molecule has 6 nitrogen and oxygen atoms in total. The van der Waals surface area contributed by atoms with Crippen LogP contribution >= 0.6 is 11.8 Å². The first-order valence-corrected chi connectivity index (χ1v) is 10.6. The second-order valence-electron chi connectivity index (χ2n) is 5.54. The zero-order valence-corrected chi connectivity index (χ0v) is 16.1. The number of sulfonamides is 1. The molecule has 0 heterocycles. The maximum atomic E-state index is 12.4. The second kappa shape index (κ2) is 9.72. The molecule has 0 saturated heterocycles. The maximum Gasteiger partial charge on any atom is 0.252 e. The molecule has 3 N–H and O–H groups in total. The summed E-state index contributed by atoms with van der Waals surface area (Å²) >= 11 is 1.50. The molecule has 26 heavy (non-hydrogen) atoms. The molecule has 140 valence electrons.